The molecule has 7 nitrogen and oxygen atoms in total. The van der Waals surface area contributed by atoms with E-state index in [0.717, 1.165) is 42.2 Å². The molecule has 134 valence electrons. The molecule has 1 aliphatic rings. The van der Waals surface area contributed by atoms with Crippen LogP contribution in [0.3, 0.4) is 0 Å². The third-order valence-electron chi connectivity index (χ3n) is 4.94. The van der Waals surface area contributed by atoms with Gasteiger partial charge in [-0.3, -0.25) is 14.7 Å². The first-order valence-electron chi connectivity index (χ1n) is 8.57. The lowest BCUT2D eigenvalue weighted by atomic mass is 9.92. The zero-order valence-corrected chi connectivity index (χ0v) is 14.8. The average molecular weight is 344 g/mol. The Kier molecular flexibility index (Phi) is 4.65. The second kappa shape index (κ2) is 6.74. The molecule has 3 rings (SSSR count). The molecular weight excluding hydrogens is 320 g/mol. The number of hydrogen-bond donors (Lipinski definition) is 2. The summed E-state index contributed by atoms with van der Waals surface area (Å²) >= 11 is 0. The van der Waals surface area contributed by atoms with E-state index in [4.69, 9.17) is 10.2 Å². The van der Waals surface area contributed by atoms with Gasteiger partial charge in [0.05, 0.1) is 5.92 Å². The van der Waals surface area contributed by atoms with Gasteiger partial charge in [0.15, 0.2) is 0 Å². The molecule has 0 aromatic carbocycles. The SMILES string of the molecule is Cc1cc([C@@H](C)C(=O)N2CCC[C@H](c3cc(C(N)=O)n[nH]3)C2)c(C)o1. The highest BCUT2D eigenvalue weighted by molar-refractivity contribution is 5.90. The molecule has 2 amide bonds. The van der Waals surface area contributed by atoms with Gasteiger partial charge in [-0.25, -0.2) is 0 Å². The predicted octanol–water partition coefficient (Wildman–Crippen LogP) is 2.23. The van der Waals surface area contributed by atoms with Crippen LogP contribution in [0.1, 0.15) is 64.9 Å². The number of amides is 2. The molecule has 0 radical (unpaired) electrons. The van der Waals surface area contributed by atoms with Crippen LogP contribution >= 0.6 is 0 Å². The van der Waals surface area contributed by atoms with Crippen LogP contribution in [0.2, 0.25) is 0 Å². The number of furan rings is 1. The van der Waals surface area contributed by atoms with Crippen molar-refractivity contribution in [1.82, 2.24) is 15.1 Å². The second-order valence-electron chi connectivity index (χ2n) is 6.79. The summed E-state index contributed by atoms with van der Waals surface area (Å²) in [5, 5.41) is 6.83. The van der Waals surface area contributed by atoms with Crippen LogP contribution in [0.25, 0.3) is 0 Å². The molecular formula is C18H24N4O3. The van der Waals surface area contributed by atoms with Gasteiger partial charge in [0.1, 0.15) is 17.2 Å². The van der Waals surface area contributed by atoms with E-state index in [1.54, 1.807) is 6.07 Å². The number of nitrogens with two attached hydrogens (primary N) is 1. The molecule has 2 aromatic heterocycles. The van der Waals surface area contributed by atoms with Crippen molar-refractivity contribution in [3.05, 3.63) is 40.6 Å². The number of aromatic amines is 1. The van der Waals surface area contributed by atoms with E-state index >= 15 is 0 Å². The fourth-order valence-corrected chi connectivity index (χ4v) is 3.59. The van der Waals surface area contributed by atoms with Gasteiger partial charge < -0.3 is 15.1 Å². The monoisotopic (exact) mass is 344 g/mol. The van der Waals surface area contributed by atoms with Crippen molar-refractivity contribution in [1.29, 1.82) is 0 Å². The number of H-pyrrole nitrogens is 1. The lowest BCUT2D eigenvalue weighted by molar-refractivity contribution is -0.133. The topological polar surface area (TPSA) is 105 Å². The van der Waals surface area contributed by atoms with E-state index in [1.165, 1.54) is 0 Å². The van der Waals surface area contributed by atoms with Gasteiger partial charge >= 0.3 is 0 Å². The smallest absolute Gasteiger partial charge is 0.269 e. The van der Waals surface area contributed by atoms with Crippen LogP contribution < -0.4 is 5.73 Å². The van der Waals surface area contributed by atoms with E-state index < -0.39 is 5.91 Å². The Morgan fingerprint density at radius 1 is 1.40 bits per heavy atom. The Morgan fingerprint density at radius 2 is 2.16 bits per heavy atom. The van der Waals surface area contributed by atoms with Gasteiger partial charge in [0.2, 0.25) is 5.91 Å². The molecule has 3 N–H and O–H groups in total. The van der Waals surface area contributed by atoms with E-state index in [9.17, 15) is 9.59 Å². The summed E-state index contributed by atoms with van der Waals surface area (Å²) in [5.74, 6) is 1.07. The van der Waals surface area contributed by atoms with Gasteiger partial charge in [0.25, 0.3) is 5.91 Å². The largest absolute Gasteiger partial charge is 0.466 e. The number of carbonyl (C=O) groups excluding carboxylic acids is 2. The number of nitrogens with one attached hydrogen (secondary N) is 1. The van der Waals surface area contributed by atoms with Crippen molar-refractivity contribution in [3.8, 4) is 0 Å². The quantitative estimate of drug-likeness (QED) is 0.887. The van der Waals surface area contributed by atoms with Crippen LogP contribution in [-0.4, -0.2) is 40.0 Å². The Bertz CT molecular complexity index is 792. The molecule has 1 saturated heterocycles. The van der Waals surface area contributed by atoms with E-state index in [1.807, 2.05) is 31.7 Å². The zero-order valence-electron chi connectivity index (χ0n) is 14.8. The van der Waals surface area contributed by atoms with Crippen LogP contribution in [0.15, 0.2) is 16.5 Å². The first-order chi connectivity index (χ1) is 11.9. The predicted molar refractivity (Wildman–Crippen MR) is 92.3 cm³/mol. The Morgan fingerprint density at radius 3 is 2.76 bits per heavy atom. The lowest BCUT2D eigenvalue weighted by Gasteiger charge is -2.34. The molecule has 25 heavy (non-hydrogen) atoms. The highest BCUT2D eigenvalue weighted by atomic mass is 16.3. The van der Waals surface area contributed by atoms with E-state index in [0.29, 0.717) is 6.54 Å². The van der Waals surface area contributed by atoms with Crippen molar-refractivity contribution < 1.29 is 14.0 Å². The molecule has 0 bridgehead atoms. The third kappa shape index (κ3) is 3.45. The minimum Gasteiger partial charge on any atom is -0.466 e. The first-order valence-corrected chi connectivity index (χ1v) is 8.57. The summed E-state index contributed by atoms with van der Waals surface area (Å²) in [7, 11) is 0. The average Bonchev–Trinajstić information content (AvgIpc) is 3.20. The fourth-order valence-electron chi connectivity index (χ4n) is 3.59. The highest BCUT2D eigenvalue weighted by Gasteiger charge is 2.30. The number of piperidine rings is 1. The summed E-state index contributed by atoms with van der Waals surface area (Å²) in [5.41, 5.74) is 7.29. The normalized spacial score (nSPS) is 19.0. The molecule has 2 atom stereocenters. The molecule has 2 aromatic rings. The number of primary amides is 1. The first kappa shape index (κ1) is 17.3. The van der Waals surface area contributed by atoms with Crippen molar-refractivity contribution in [2.24, 2.45) is 5.73 Å². The molecule has 7 heteroatoms. The Labute approximate surface area is 146 Å². The van der Waals surface area contributed by atoms with Crippen LogP contribution in [0.4, 0.5) is 0 Å². The lowest BCUT2D eigenvalue weighted by Crippen LogP contribution is -2.41. The number of aromatic nitrogens is 2. The van der Waals surface area contributed by atoms with Crippen LogP contribution in [0, 0.1) is 13.8 Å². The maximum atomic E-state index is 12.9. The number of aryl methyl sites for hydroxylation is 2. The van der Waals surface area contributed by atoms with E-state index in [-0.39, 0.29) is 23.4 Å². The molecule has 3 heterocycles. The van der Waals surface area contributed by atoms with Crippen molar-refractivity contribution in [3.63, 3.8) is 0 Å². The number of hydrogen-bond acceptors (Lipinski definition) is 4. The van der Waals surface area contributed by atoms with Gasteiger partial charge in [0, 0.05) is 30.3 Å². The van der Waals surface area contributed by atoms with E-state index in [2.05, 4.69) is 10.2 Å². The molecule has 0 unspecified atom stereocenters. The maximum Gasteiger partial charge on any atom is 0.269 e. The number of rotatable bonds is 4. The summed E-state index contributed by atoms with van der Waals surface area (Å²) in [4.78, 5) is 26.0. The Balaban J connectivity index is 1.72. The van der Waals surface area contributed by atoms with Gasteiger partial charge in [-0.1, -0.05) is 0 Å². The van der Waals surface area contributed by atoms with Gasteiger partial charge in [-0.15, -0.1) is 0 Å². The molecule has 1 aliphatic heterocycles. The third-order valence-corrected chi connectivity index (χ3v) is 4.94. The second-order valence-corrected chi connectivity index (χ2v) is 6.79. The van der Waals surface area contributed by atoms with Gasteiger partial charge in [-0.2, -0.15) is 5.10 Å². The summed E-state index contributed by atoms with van der Waals surface area (Å²) < 4.78 is 5.56. The standard InChI is InChI=1S/C18H24N4O3/c1-10-7-14(12(3)25-10)11(2)18(24)22-6-4-5-13(9-22)15-8-16(17(19)23)21-20-15/h7-8,11,13H,4-6,9H2,1-3H3,(H2,19,23)(H,20,21)/t11-,13+/m1/s1. The van der Waals surface area contributed by atoms with Crippen LogP contribution in [0.5, 0.6) is 0 Å². The minimum atomic E-state index is -0.550. The summed E-state index contributed by atoms with van der Waals surface area (Å²) in [6.45, 7) is 7.05. The molecule has 0 spiro atoms. The summed E-state index contributed by atoms with van der Waals surface area (Å²) in [6.07, 6.45) is 1.86. The number of nitrogens with zero attached hydrogens (tertiary/aromatic N) is 2. The van der Waals surface area contributed by atoms with Gasteiger partial charge in [-0.05, 0) is 45.7 Å². The molecule has 0 aliphatic carbocycles. The highest BCUT2D eigenvalue weighted by Crippen LogP contribution is 2.30. The van der Waals surface area contributed by atoms with Crippen molar-refractivity contribution >= 4 is 11.8 Å². The maximum absolute atomic E-state index is 12.9. The molecule has 1 fully saturated rings. The number of carbonyl (C=O) groups is 2. The van der Waals surface area contributed by atoms with Crippen molar-refractivity contribution in [2.75, 3.05) is 13.1 Å². The molecule has 0 saturated carbocycles. The number of likely N-dealkylation sites (tertiary alicyclic amines) is 1. The summed E-state index contributed by atoms with van der Waals surface area (Å²) in [6, 6.07) is 3.63. The minimum absolute atomic E-state index is 0.100. The van der Waals surface area contributed by atoms with Crippen LogP contribution in [-0.2, 0) is 4.79 Å². The zero-order chi connectivity index (χ0) is 18.1. The van der Waals surface area contributed by atoms with Crippen molar-refractivity contribution in [2.45, 2.75) is 45.4 Å². The Hall–Kier alpha value is -2.57. The fraction of sp³-hybridized carbons (Fsp3) is 0.500.